The zero-order chi connectivity index (χ0) is 13.7. The van der Waals surface area contributed by atoms with Gasteiger partial charge in [-0.15, -0.1) is 0 Å². The lowest BCUT2D eigenvalue weighted by Gasteiger charge is -2.06. The van der Waals surface area contributed by atoms with E-state index >= 15 is 0 Å². The first-order valence-corrected chi connectivity index (χ1v) is 6.91. The number of unbranched alkanes of at least 4 members (excludes halogenated alkanes) is 1. The van der Waals surface area contributed by atoms with E-state index in [1.807, 2.05) is 6.07 Å². The lowest BCUT2D eigenvalue weighted by Crippen LogP contribution is -1.87. The number of halogens is 1. The summed E-state index contributed by atoms with van der Waals surface area (Å²) in [6.45, 7) is 2.19. The van der Waals surface area contributed by atoms with Crippen LogP contribution in [0.5, 0.6) is 0 Å². The quantitative estimate of drug-likeness (QED) is 0.746. The van der Waals surface area contributed by atoms with E-state index in [-0.39, 0.29) is 0 Å². The van der Waals surface area contributed by atoms with E-state index in [2.05, 4.69) is 37.3 Å². The molecule has 19 heavy (non-hydrogen) atoms. The zero-order valence-electron chi connectivity index (χ0n) is 11.0. The van der Waals surface area contributed by atoms with Crippen LogP contribution in [0.1, 0.15) is 30.9 Å². The minimum absolute atomic E-state index is 0.657. The van der Waals surface area contributed by atoms with Gasteiger partial charge in [-0.25, -0.2) is 0 Å². The Morgan fingerprint density at radius 2 is 1.84 bits per heavy atom. The molecule has 0 heterocycles. The summed E-state index contributed by atoms with van der Waals surface area (Å²) in [5, 5.41) is 9.80. The highest BCUT2D eigenvalue weighted by Crippen LogP contribution is 2.27. The maximum absolute atomic E-state index is 9.15. The second kappa shape index (κ2) is 6.41. The van der Waals surface area contributed by atoms with Crippen molar-refractivity contribution >= 4 is 11.6 Å². The van der Waals surface area contributed by atoms with Crippen molar-refractivity contribution in [1.82, 2.24) is 0 Å². The van der Waals surface area contributed by atoms with E-state index in [0.717, 1.165) is 17.5 Å². The highest BCUT2D eigenvalue weighted by Gasteiger charge is 2.05. The molecule has 2 aromatic rings. The van der Waals surface area contributed by atoms with E-state index in [1.165, 1.54) is 18.4 Å². The summed E-state index contributed by atoms with van der Waals surface area (Å²) < 4.78 is 0. The number of benzene rings is 2. The van der Waals surface area contributed by atoms with Crippen molar-refractivity contribution in [3.63, 3.8) is 0 Å². The molecule has 0 saturated carbocycles. The summed E-state index contributed by atoms with van der Waals surface area (Å²) in [6.07, 6.45) is 3.52. The van der Waals surface area contributed by atoms with Crippen LogP contribution < -0.4 is 0 Å². The number of aryl methyl sites for hydroxylation is 1. The number of nitriles is 1. The van der Waals surface area contributed by atoms with Crippen LogP contribution in [-0.4, -0.2) is 0 Å². The first-order valence-electron chi connectivity index (χ1n) is 6.53. The highest BCUT2D eigenvalue weighted by atomic mass is 35.5. The van der Waals surface area contributed by atoms with Crippen LogP contribution in [0.25, 0.3) is 11.1 Å². The molecule has 2 aromatic carbocycles. The molecular formula is C17H16ClN. The number of hydrogen-bond donors (Lipinski definition) is 0. The fourth-order valence-corrected chi connectivity index (χ4v) is 2.26. The Labute approximate surface area is 119 Å². The van der Waals surface area contributed by atoms with E-state index in [0.29, 0.717) is 10.6 Å². The molecule has 0 aliphatic rings. The predicted octanol–water partition coefficient (Wildman–Crippen LogP) is 5.22. The van der Waals surface area contributed by atoms with Gasteiger partial charge in [-0.05, 0) is 42.2 Å². The Morgan fingerprint density at radius 3 is 2.47 bits per heavy atom. The SMILES string of the molecule is CCCCc1ccc(-c2cc(Cl)ccc2C#N)cc1. The molecule has 0 aliphatic heterocycles. The lowest BCUT2D eigenvalue weighted by atomic mass is 9.98. The van der Waals surface area contributed by atoms with Gasteiger partial charge in [0, 0.05) is 10.6 Å². The van der Waals surface area contributed by atoms with Gasteiger partial charge in [0.1, 0.15) is 0 Å². The Bertz CT molecular complexity index is 594. The zero-order valence-corrected chi connectivity index (χ0v) is 11.7. The lowest BCUT2D eigenvalue weighted by molar-refractivity contribution is 0.795. The van der Waals surface area contributed by atoms with Crippen molar-refractivity contribution in [1.29, 1.82) is 5.26 Å². The highest BCUT2D eigenvalue weighted by molar-refractivity contribution is 6.30. The fourth-order valence-electron chi connectivity index (χ4n) is 2.08. The average Bonchev–Trinajstić information content (AvgIpc) is 2.45. The van der Waals surface area contributed by atoms with Gasteiger partial charge in [0.25, 0.3) is 0 Å². The predicted molar refractivity (Wildman–Crippen MR) is 80.2 cm³/mol. The van der Waals surface area contributed by atoms with Gasteiger partial charge >= 0.3 is 0 Å². The second-order valence-corrected chi connectivity index (χ2v) is 5.04. The van der Waals surface area contributed by atoms with Gasteiger partial charge < -0.3 is 0 Å². The first kappa shape index (κ1) is 13.6. The Balaban J connectivity index is 2.32. The maximum atomic E-state index is 9.15. The molecule has 96 valence electrons. The van der Waals surface area contributed by atoms with Gasteiger partial charge in [-0.2, -0.15) is 5.26 Å². The Hall–Kier alpha value is -1.78. The summed E-state index contributed by atoms with van der Waals surface area (Å²) in [6, 6.07) is 16.0. The number of rotatable bonds is 4. The second-order valence-electron chi connectivity index (χ2n) is 4.60. The van der Waals surface area contributed by atoms with Crippen LogP contribution in [0.2, 0.25) is 5.02 Å². The average molecular weight is 270 g/mol. The minimum atomic E-state index is 0.657. The Kier molecular flexibility index (Phi) is 4.60. The molecule has 1 nitrogen and oxygen atoms in total. The topological polar surface area (TPSA) is 23.8 Å². The molecule has 0 spiro atoms. The summed E-state index contributed by atoms with van der Waals surface area (Å²) in [5.41, 5.74) is 3.94. The molecule has 0 saturated heterocycles. The van der Waals surface area contributed by atoms with Gasteiger partial charge in [0.2, 0.25) is 0 Å². The molecule has 0 bridgehead atoms. The van der Waals surface area contributed by atoms with Gasteiger partial charge in [0.05, 0.1) is 11.6 Å². The van der Waals surface area contributed by atoms with Crippen LogP contribution in [0.15, 0.2) is 42.5 Å². The molecule has 0 radical (unpaired) electrons. The largest absolute Gasteiger partial charge is 0.192 e. The normalized spacial score (nSPS) is 10.2. The molecule has 0 fully saturated rings. The monoisotopic (exact) mass is 269 g/mol. The molecule has 0 N–H and O–H groups in total. The van der Waals surface area contributed by atoms with Crippen LogP contribution in [0, 0.1) is 11.3 Å². The van der Waals surface area contributed by atoms with Gasteiger partial charge in [0.15, 0.2) is 0 Å². The third-order valence-corrected chi connectivity index (χ3v) is 3.42. The van der Waals surface area contributed by atoms with Crippen molar-refractivity contribution in [2.45, 2.75) is 26.2 Å². The number of hydrogen-bond acceptors (Lipinski definition) is 1. The summed E-state index contributed by atoms with van der Waals surface area (Å²) >= 11 is 6.01. The standard InChI is InChI=1S/C17H16ClN/c1-2-3-4-13-5-7-14(8-6-13)17-11-16(18)10-9-15(17)12-19/h5-11H,2-4H2,1H3. The van der Waals surface area contributed by atoms with E-state index in [9.17, 15) is 0 Å². The van der Waals surface area contributed by atoms with Crippen molar-refractivity contribution < 1.29 is 0 Å². The van der Waals surface area contributed by atoms with E-state index in [1.54, 1.807) is 12.1 Å². The molecule has 0 amide bonds. The maximum Gasteiger partial charge on any atom is 0.0998 e. The van der Waals surface area contributed by atoms with Gasteiger partial charge in [-0.3, -0.25) is 0 Å². The third-order valence-electron chi connectivity index (χ3n) is 3.19. The molecular weight excluding hydrogens is 254 g/mol. The molecule has 0 atom stereocenters. The summed E-state index contributed by atoms with van der Waals surface area (Å²) in [4.78, 5) is 0. The molecule has 0 unspecified atom stereocenters. The first-order chi connectivity index (χ1) is 9.24. The summed E-state index contributed by atoms with van der Waals surface area (Å²) in [7, 11) is 0. The fraction of sp³-hybridized carbons (Fsp3) is 0.235. The third kappa shape index (κ3) is 3.36. The minimum Gasteiger partial charge on any atom is -0.192 e. The molecule has 0 aliphatic carbocycles. The smallest absolute Gasteiger partial charge is 0.0998 e. The summed E-state index contributed by atoms with van der Waals surface area (Å²) in [5.74, 6) is 0. The van der Waals surface area contributed by atoms with Crippen LogP contribution in [0.4, 0.5) is 0 Å². The van der Waals surface area contributed by atoms with Crippen molar-refractivity contribution in [3.8, 4) is 17.2 Å². The van der Waals surface area contributed by atoms with Gasteiger partial charge in [-0.1, -0.05) is 49.2 Å². The van der Waals surface area contributed by atoms with Crippen molar-refractivity contribution in [2.75, 3.05) is 0 Å². The van der Waals surface area contributed by atoms with Crippen molar-refractivity contribution in [2.24, 2.45) is 0 Å². The van der Waals surface area contributed by atoms with E-state index < -0.39 is 0 Å². The van der Waals surface area contributed by atoms with Crippen molar-refractivity contribution in [3.05, 3.63) is 58.6 Å². The Morgan fingerprint density at radius 1 is 1.11 bits per heavy atom. The van der Waals surface area contributed by atoms with Crippen LogP contribution in [-0.2, 0) is 6.42 Å². The van der Waals surface area contributed by atoms with Crippen LogP contribution >= 0.6 is 11.6 Å². The van der Waals surface area contributed by atoms with E-state index in [4.69, 9.17) is 16.9 Å². The number of nitrogens with zero attached hydrogens (tertiary/aromatic N) is 1. The molecule has 0 aromatic heterocycles. The molecule has 2 rings (SSSR count). The van der Waals surface area contributed by atoms with Crippen LogP contribution in [0.3, 0.4) is 0 Å². The molecule has 2 heteroatoms.